The Morgan fingerprint density at radius 3 is 2.79 bits per heavy atom. The second-order valence-corrected chi connectivity index (χ2v) is 3.80. The molecule has 0 aliphatic carbocycles. The predicted molar refractivity (Wildman–Crippen MR) is 67.8 cm³/mol. The fourth-order valence-corrected chi connectivity index (χ4v) is 1.29. The topological polar surface area (TPSA) is 101 Å². The number of pyridine rings is 1. The number of carbonyl (C=O) groups is 2. The smallest absolute Gasteiger partial charge is 0.354 e. The maximum atomic E-state index is 11.4. The zero-order valence-corrected chi connectivity index (χ0v) is 10.7. The molecule has 0 radical (unpaired) electrons. The van der Waals surface area contributed by atoms with E-state index in [-0.39, 0.29) is 18.1 Å². The molecule has 0 bridgehead atoms. The van der Waals surface area contributed by atoms with Crippen molar-refractivity contribution in [1.82, 2.24) is 15.6 Å². The van der Waals surface area contributed by atoms with Crippen LogP contribution in [-0.4, -0.2) is 48.8 Å². The molecule has 0 saturated heterocycles. The summed E-state index contributed by atoms with van der Waals surface area (Å²) in [5.74, 6) is -1.21. The summed E-state index contributed by atoms with van der Waals surface area (Å²) in [4.78, 5) is 25.8. The van der Waals surface area contributed by atoms with Crippen molar-refractivity contribution in [3.8, 4) is 0 Å². The van der Waals surface area contributed by atoms with Gasteiger partial charge in [-0.1, -0.05) is 6.07 Å². The molecular weight excluding hydrogens is 250 g/mol. The summed E-state index contributed by atoms with van der Waals surface area (Å²) in [6.07, 6.45) is 1.43. The summed E-state index contributed by atoms with van der Waals surface area (Å²) in [7, 11) is 1.59. The Morgan fingerprint density at radius 1 is 1.42 bits per heavy atom. The van der Waals surface area contributed by atoms with Gasteiger partial charge in [0.15, 0.2) is 0 Å². The molecule has 0 atom stereocenters. The van der Waals surface area contributed by atoms with Crippen molar-refractivity contribution in [2.75, 3.05) is 26.8 Å². The van der Waals surface area contributed by atoms with Crippen LogP contribution in [0.25, 0.3) is 0 Å². The number of rotatable bonds is 8. The number of carbonyl (C=O) groups excluding carboxylic acids is 1. The van der Waals surface area contributed by atoms with Gasteiger partial charge >= 0.3 is 5.97 Å². The molecule has 0 spiro atoms. The molecule has 104 valence electrons. The van der Waals surface area contributed by atoms with Gasteiger partial charge in [-0.05, 0) is 11.6 Å². The number of ether oxygens (including phenoxy) is 1. The summed E-state index contributed by atoms with van der Waals surface area (Å²) < 4.78 is 4.83. The van der Waals surface area contributed by atoms with E-state index in [1.807, 2.05) is 0 Å². The molecule has 0 aliphatic rings. The van der Waals surface area contributed by atoms with Crippen LogP contribution in [-0.2, 0) is 16.1 Å². The highest BCUT2D eigenvalue weighted by atomic mass is 16.5. The van der Waals surface area contributed by atoms with Crippen LogP contribution in [0.4, 0.5) is 0 Å². The average Bonchev–Trinajstić information content (AvgIpc) is 2.42. The lowest BCUT2D eigenvalue weighted by molar-refractivity contribution is -0.120. The molecule has 1 heterocycles. The van der Waals surface area contributed by atoms with Crippen LogP contribution in [0.15, 0.2) is 18.3 Å². The van der Waals surface area contributed by atoms with E-state index < -0.39 is 5.97 Å². The molecule has 7 nitrogen and oxygen atoms in total. The van der Waals surface area contributed by atoms with Crippen molar-refractivity contribution in [2.45, 2.75) is 6.54 Å². The maximum Gasteiger partial charge on any atom is 0.354 e. The molecule has 1 amide bonds. The fourth-order valence-electron chi connectivity index (χ4n) is 1.29. The Kier molecular flexibility index (Phi) is 6.48. The molecule has 1 rings (SSSR count). The number of hydrogen-bond donors (Lipinski definition) is 3. The SMILES string of the molecule is COCCNCC(=O)NCc1ccc(C(=O)O)nc1. The lowest BCUT2D eigenvalue weighted by atomic mass is 10.2. The van der Waals surface area contributed by atoms with E-state index in [1.54, 1.807) is 13.2 Å². The van der Waals surface area contributed by atoms with Crippen LogP contribution in [0.3, 0.4) is 0 Å². The van der Waals surface area contributed by atoms with Crippen molar-refractivity contribution in [3.05, 3.63) is 29.6 Å². The largest absolute Gasteiger partial charge is 0.477 e. The first-order valence-corrected chi connectivity index (χ1v) is 5.78. The first-order chi connectivity index (χ1) is 9.13. The molecule has 1 aromatic heterocycles. The summed E-state index contributed by atoms with van der Waals surface area (Å²) in [6, 6.07) is 3.02. The van der Waals surface area contributed by atoms with Crippen LogP contribution < -0.4 is 10.6 Å². The highest BCUT2D eigenvalue weighted by Gasteiger charge is 2.04. The van der Waals surface area contributed by atoms with E-state index in [0.717, 1.165) is 5.56 Å². The molecule has 3 N–H and O–H groups in total. The molecule has 7 heteroatoms. The number of aromatic carboxylic acids is 1. The number of aromatic nitrogens is 1. The Labute approximate surface area is 111 Å². The van der Waals surface area contributed by atoms with Gasteiger partial charge in [0.05, 0.1) is 13.2 Å². The van der Waals surface area contributed by atoms with Gasteiger partial charge in [-0.3, -0.25) is 4.79 Å². The van der Waals surface area contributed by atoms with Gasteiger partial charge in [0.1, 0.15) is 5.69 Å². The zero-order valence-electron chi connectivity index (χ0n) is 10.7. The maximum absolute atomic E-state index is 11.4. The van der Waals surface area contributed by atoms with Crippen molar-refractivity contribution < 1.29 is 19.4 Å². The number of methoxy groups -OCH3 is 1. The van der Waals surface area contributed by atoms with Gasteiger partial charge < -0.3 is 20.5 Å². The van der Waals surface area contributed by atoms with E-state index in [2.05, 4.69) is 15.6 Å². The van der Waals surface area contributed by atoms with Crippen LogP contribution in [0, 0.1) is 0 Å². The fraction of sp³-hybridized carbons (Fsp3) is 0.417. The quantitative estimate of drug-likeness (QED) is 0.556. The average molecular weight is 267 g/mol. The number of carboxylic acid groups (broad SMARTS) is 1. The van der Waals surface area contributed by atoms with E-state index in [1.165, 1.54) is 12.3 Å². The second-order valence-electron chi connectivity index (χ2n) is 3.80. The van der Waals surface area contributed by atoms with Gasteiger partial charge in [-0.15, -0.1) is 0 Å². The minimum atomic E-state index is -1.07. The van der Waals surface area contributed by atoms with E-state index >= 15 is 0 Å². The van der Waals surface area contributed by atoms with Crippen molar-refractivity contribution >= 4 is 11.9 Å². The van der Waals surface area contributed by atoms with Gasteiger partial charge in [0.2, 0.25) is 5.91 Å². The number of amides is 1. The molecule has 0 fully saturated rings. The highest BCUT2D eigenvalue weighted by molar-refractivity contribution is 5.85. The van der Waals surface area contributed by atoms with Crippen LogP contribution in [0.1, 0.15) is 16.1 Å². The summed E-state index contributed by atoms with van der Waals surface area (Å²) in [5.41, 5.74) is 0.728. The molecule has 0 aromatic carbocycles. The summed E-state index contributed by atoms with van der Waals surface area (Å²) in [5, 5.41) is 14.3. The molecule has 0 saturated carbocycles. The monoisotopic (exact) mass is 267 g/mol. The number of carboxylic acids is 1. The summed E-state index contributed by atoms with van der Waals surface area (Å²) >= 11 is 0. The Bertz CT molecular complexity index is 419. The predicted octanol–water partition coefficient (Wildman–Crippen LogP) is -0.368. The number of hydrogen-bond acceptors (Lipinski definition) is 5. The normalized spacial score (nSPS) is 10.2. The van der Waals surface area contributed by atoms with Crippen LogP contribution in [0.2, 0.25) is 0 Å². The first-order valence-electron chi connectivity index (χ1n) is 5.78. The molecule has 1 aromatic rings. The lowest BCUT2D eigenvalue weighted by Gasteiger charge is -2.06. The third kappa shape index (κ3) is 5.94. The van der Waals surface area contributed by atoms with Gasteiger partial charge in [-0.25, -0.2) is 9.78 Å². The molecule has 0 aliphatic heterocycles. The van der Waals surface area contributed by atoms with Gasteiger partial charge in [0, 0.05) is 26.4 Å². The van der Waals surface area contributed by atoms with Gasteiger partial charge in [0.25, 0.3) is 0 Å². The standard InChI is InChI=1S/C12H17N3O4/c1-19-5-4-13-8-11(16)15-7-9-2-3-10(12(17)18)14-6-9/h2-3,6,13H,4-5,7-8H2,1H3,(H,15,16)(H,17,18). The number of nitrogens with zero attached hydrogens (tertiary/aromatic N) is 1. The lowest BCUT2D eigenvalue weighted by Crippen LogP contribution is -2.34. The van der Waals surface area contributed by atoms with Crippen molar-refractivity contribution in [1.29, 1.82) is 0 Å². The van der Waals surface area contributed by atoms with Crippen molar-refractivity contribution in [3.63, 3.8) is 0 Å². The third-order valence-electron chi connectivity index (χ3n) is 2.30. The minimum Gasteiger partial charge on any atom is -0.477 e. The zero-order chi connectivity index (χ0) is 14.1. The van der Waals surface area contributed by atoms with E-state index in [9.17, 15) is 9.59 Å². The molecule has 0 unspecified atom stereocenters. The second kappa shape index (κ2) is 8.17. The Morgan fingerprint density at radius 2 is 2.21 bits per heavy atom. The molecule has 19 heavy (non-hydrogen) atoms. The van der Waals surface area contributed by atoms with E-state index in [0.29, 0.717) is 19.7 Å². The van der Waals surface area contributed by atoms with Gasteiger partial charge in [-0.2, -0.15) is 0 Å². The molecular formula is C12H17N3O4. The minimum absolute atomic E-state index is 0.0173. The first kappa shape index (κ1) is 15.1. The summed E-state index contributed by atoms with van der Waals surface area (Å²) in [6.45, 7) is 1.69. The van der Waals surface area contributed by atoms with Crippen LogP contribution in [0.5, 0.6) is 0 Å². The number of nitrogens with one attached hydrogen (secondary N) is 2. The Balaban J connectivity index is 2.28. The van der Waals surface area contributed by atoms with E-state index in [4.69, 9.17) is 9.84 Å². The third-order valence-corrected chi connectivity index (χ3v) is 2.30. The van der Waals surface area contributed by atoms with Crippen LogP contribution >= 0.6 is 0 Å². The Hall–Kier alpha value is -1.99. The highest BCUT2D eigenvalue weighted by Crippen LogP contribution is 1.99. The van der Waals surface area contributed by atoms with Crippen molar-refractivity contribution in [2.24, 2.45) is 0 Å².